The van der Waals surface area contributed by atoms with Crippen molar-refractivity contribution < 1.29 is 5.11 Å². The van der Waals surface area contributed by atoms with Gasteiger partial charge >= 0.3 is 0 Å². The van der Waals surface area contributed by atoms with Crippen LogP contribution in [0.25, 0.3) is 0 Å². The highest BCUT2D eigenvalue weighted by Gasteiger charge is 2.05. The van der Waals surface area contributed by atoms with Crippen molar-refractivity contribution in [2.45, 2.75) is 20.1 Å². The molecule has 0 heterocycles. The van der Waals surface area contributed by atoms with Crippen LogP contribution in [-0.4, -0.2) is 23.6 Å². The standard InChI is InChI=1S/C13H18N2O/c1-11(7-14)8-15(2)9-12-3-5-13(10-16)6-4-12/h3-6,11,16H,8-10H2,1-2H3. The van der Waals surface area contributed by atoms with Crippen molar-refractivity contribution in [3.63, 3.8) is 0 Å². The Morgan fingerprint density at radius 3 is 2.38 bits per heavy atom. The van der Waals surface area contributed by atoms with Gasteiger partial charge in [-0.15, -0.1) is 0 Å². The Labute approximate surface area is 96.9 Å². The van der Waals surface area contributed by atoms with Gasteiger partial charge in [-0.2, -0.15) is 5.26 Å². The van der Waals surface area contributed by atoms with Gasteiger partial charge in [0.25, 0.3) is 0 Å². The lowest BCUT2D eigenvalue weighted by atomic mass is 10.1. The molecule has 1 rings (SSSR count). The van der Waals surface area contributed by atoms with Gasteiger partial charge in [-0.3, -0.25) is 0 Å². The van der Waals surface area contributed by atoms with Crippen LogP contribution in [0.2, 0.25) is 0 Å². The largest absolute Gasteiger partial charge is 0.392 e. The monoisotopic (exact) mass is 218 g/mol. The molecule has 16 heavy (non-hydrogen) atoms. The smallest absolute Gasteiger partial charge is 0.0681 e. The summed E-state index contributed by atoms with van der Waals surface area (Å²) in [6.45, 7) is 3.61. The van der Waals surface area contributed by atoms with E-state index in [0.29, 0.717) is 0 Å². The van der Waals surface area contributed by atoms with Crippen molar-refractivity contribution >= 4 is 0 Å². The first-order valence-electron chi connectivity index (χ1n) is 5.42. The van der Waals surface area contributed by atoms with Gasteiger partial charge in [-0.05, 0) is 25.1 Å². The maximum absolute atomic E-state index is 8.91. The molecule has 0 aliphatic carbocycles. The lowest BCUT2D eigenvalue weighted by Crippen LogP contribution is -2.23. The van der Waals surface area contributed by atoms with E-state index in [1.807, 2.05) is 38.2 Å². The molecule has 1 aromatic carbocycles. The minimum atomic E-state index is 0.0571. The number of aliphatic hydroxyl groups is 1. The first kappa shape index (κ1) is 12.7. The highest BCUT2D eigenvalue weighted by molar-refractivity contribution is 5.21. The van der Waals surface area contributed by atoms with Gasteiger partial charge in [0.2, 0.25) is 0 Å². The molecule has 0 aliphatic rings. The van der Waals surface area contributed by atoms with Gasteiger partial charge in [-0.1, -0.05) is 24.3 Å². The fourth-order valence-electron chi connectivity index (χ4n) is 1.63. The number of hydrogen-bond donors (Lipinski definition) is 1. The summed E-state index contributed by atoms with van der Waals surface area (Å²) in [5, 5.41) is 17.6. The first-order valence-corrected chi connectivity index (χ1v) is 5.42. The Morgan fingerprint density at radius 2 is 1.88 bits per heavy atom. The third-order valence-electron chi connectivity index (χ3n) is 2.46. The zero-order chi connectivity index (χ0) is 12.0. The van der Waals surface area contributed by atoms with E-state index >= 15 is 0 Å². The summed E-state index contributed by atoms with van der Waals surface area (Å²) in [4.78, 5) is 2.13. The van der Waals surface area contributed by atoms with Crippen LogP contribution in [0.3, 0.4) is 0 Å². The second kappa shape index (κ2) is 6.26. The molecule has 0 aliphatic heterocycles. The van der Waals surface area contributed by atoms with Gasteiger partial charge in [0, 0.05) is 13.1 Å². The first-order chi connectivity index (χ1) is 7.65. The van der Waals surface area contributed by atoms with Gasteiger partial charge in [0.05, 0.1) is 18.6 Å². The van der Waals surface area contributed by atoms with Crippen molar-refractivity contribution in [2.24, 2.45) is 5.92 Å². The lowest BCUT2D eigenvalue weighted by molar-refractivity contribution is 0.281. The van der Waals surface area contributed by atoms with E-state index in [9.17, 15) is 0 Å². The number of nitrogens with zero attached hydrogens (tertiary/aromatic N) is 2. The summed E-state index contributed by atoms with van der Waals surface area (Å²) >= 11 is 0. The molecule has 0 fully saturated rings. The highest BCUT2D eigenvalue weighted by Crippen LogP contribution is 2.08. The van der Waals surface area contributed by atoms with Crippen LogP contribution in [0.15, 0.2) is 24.3 Å². The molecular formula is C13H18N2O. The molecule has 0 bridgehead atoms. The van der Waals surface area contributed by atoms with Crippen LogP contribution < -0.4 is 0 Å². The number of benzene rings is 1. The van der Waals surface area contributed by atoms with E-state index < -0.39 is 0 Å². The summed E-state index contributed by atoms with van der Waals surface area (Å²) in [6, 6.07) is 10.1. The summed E-state index contributed by atoms with van der Waals surface area (Å²) in [7, 11) is 2.01. The molecule has 1 aromatic rings. The van der Waals surface area contributed by atoms with Gasteiger partial charge in [0.15, 0.2) is 0 Å². The predicted octanol–water partition coefficient (Wildman–Crippen LogP) is 1.77. The average Bonchev–Trinajstić information content (AvgIpc) is 2.29. The van der Waals surface area contributed by atoms with Crippen molar-refractivity contribution in [1.29, 1.82) is 5.26 Å². The summed E-state index contributed by atoms with van der Waals surface area (Å²) in [6.07, 6.45) is 0. The maximum Gasteiger partial charge on any atom is 0.0681 e. The Morgan fingerprint density at radius 1 is 1.31 bits per heavy atom. The second-order valence-corrected chi connectivity index (χ2v) is 4.20. The molecule has 1 atom stereocenters. The Kier molecular flexibility index (Phi) is 4.97. The molecule has 86 valence electrons. The Bertz CT molecular complexity index is 353. The van der Waals surface area contributed by atoms with Gasteiger partial charge in [-0.25, -0.2) is 0 Å². The van der Waals surface area contributed by atoms with Crippen molar-refractivity contribution in [2.75, 3.05) is 13.6 Å². The van der Waals surface area contributed by atoms with Crippen molar-refractivity contribution in [3.8, 4) is 6.07 Å². The third-order valence-corrected chi connectivity index (χ3v) is 2.46. The van der Waals surface area contributed by atoms with Crippen LogP contribution in [0.4, 0.5) is 0 Å². The maximum atomic E-state index is 8.91. The molecule has 3 heteroatoms. The normalized spacial score (nSPS) is 12.4. The lowest BCUT2D eigenvalue weighted by Gasteiger charge is -2.17. The van der Waals surface area contributed by atoms with E-state index in [0.717, 1.165) is 18.7 Å². The highest BCUT2D eigenvalue weighted by atomic mass is 16.3. The van der Waals surface area contributed by atoms with Crippen molar-refractivity contribution in [3.05, 3.63) is 35.4 Å². The summed E-state index contributed by atoms with van der Waals surface area (Å²) in [5.74, 6) is 0.0571. The van der Waals surface area contributed by atoms with Crippen LogP contribution in [0.5, 0.6) is 0 Å². The molecule has 0 radical (unpaired) electrons. The molecule has 0 saturated carbocycles. The van der Waals surface area contributed by atoms with Crippen LogP contribution >= 0.6 is 0 Å². The average molecular weight is 218 g/mol. The minimum absolute atomic E-state index is 0.0571. The quantitative estimate of drug-likeness (QED) is 0.819. The fraction of sp³-hybridized carbons (Fsp3) is 0.462. The van der Waals surface area contributed by atoms with E-state index in [1.165, 1.54) is 5.56 Å². The van der Waals surface area contributed by atoms with Crippen molar-refractivity contribution in [1.82, 2.24) is 4.90 Å². The number of rotatable bonds is 5. The van der Waals surface area contributed by atoms with Crippen LogP contribution in [0, 0.1) is 17.2 Å². The zero-order valence-corrected chi connectivity index (χ0v) is 9.85. The van der Waals surface area contributed by atoms with E-state index in [-0.39, 0.29) is 12.5 Å². The van der Waals surface area contributed by atoms with Crippen LogP contribution in [0.1, 0.15) is 18.1 Å². The topological polar surface area (TPSA) is 47.3 Å². The fourth-order valence-corrected chi connectivity index (χ4v) is 1.63. The Balaban J connectivity index is 2.50. The molecule has 0 spiro atoms. The Hall–Kier alpha value is -1.37. The molecular weight excluding hydrogens is 200 g/mol. The summed E-state index contributed by atoms with van der Waals surface area (Å²) < 4.78 is 0. The predicted molar refractivity (Wildman–Crippen MR) is 63.5 cm³/mol. The SMILES string of the molecule is CC(C#N)CN(C)Cc1ccc(CO)cc1. The molecule has 0 aromatic heterocycles. The molecule has 0 saturated heterocycles. The van der Waals surface area contributed by atoms with E-state index in [4.69, 9.17) is 10.4 Å². The number of hydrogen-bond acceptors (Lipinski definition) is 3. The third kappa shape index (κ3) is 4.01. The number of aliphatic hydroxyl groups excluding tert-OH is 1. The zero-order valence-electron chi connectivity index (χ0n) is 9.85. The van der Waals surface area contributed by atoms with Gasteiger partial charge in [0.1, 0.15) is 0 Å². The molecule has 1 N–H and O–H groups in total. The van der Waals surface area contributed by atoms with E-state index in [1.54, 1.807) is 0 Å². The van der Waals surface area contributed by atoms with E-state index in [2.05, 4.69) is 11.0 Å². The van der Waals surface area contributed by atoms with Crippen LogP contribution in [-0.2, 0) is 13.2 Å². The second-order valence-electron chi connectivity index (χ2n) is 4.20. The molecule has 1 unspecified atom stereocenters. The summed E-state index contributed by atoms with van der Waals surface area (Å²) in [5.41, 5.74) is 2.13. The number of nitriles is 1. The minimum Gasteiger partial charge on any atom is -0.392 e. The molecule has 0 amide bonds. The molecule has 3 nitrogen and oxygen atoms in total. The van der Waals surface area contributed by atoms with Gasteiger partial charge < -0.3 is 10.0 Å².